The van der Waals surface area contributed by atoms with Crippen LogP contribution >= 0.6 is 0 Å². The first-order chi connectivity index (χ1) is 13.5. The van der Waals surface area contributed by atoms with Crippen LogP contribution in [0.4, 0.5) is 21.5 Å². The summed E-state index contributed by atoms with van der Waals surface area (Å²) in [5.74, 6) is -0.496. The Morgan fingerprint density at radius 1 is 1.07 bits per heavy atom. The Morgan fingerprint density at radius 2 is 1.89 bits per heavy atom. The van der Waals surface area contributed by atoms with Crippen LogP contribution in [0.15, 0.2) is 66.1 Å². The molecule has 0 saturated heterocycles. The van der Waals surface area contributed by atoms with Gasteiger partial charge in [0.25, 0.3) is 0 Å². The quantitative estimate of drug-likeness (QED) is 0.511. The second kappa shape index (κ2) is 7.32. The molecule has 2 aromatic heterocycles. The molecular formula is C20H16FN5OS. The topological polar surface area (TPSA) is 93.8 Å². The number of pyridine rings is 1. The number of benzene rings is 2. The molecule has 0 aliphatic carbocycles. The van der Waals surface area contributed by atoms with Crippen molar-refractivity contribution in [3.05, 3.63) is 67.0 Å². The Kier molecular flexibility index (Phi) is 4.70. The van der Waals surface area contributed by atoms with Crippen molar-refractivity contribution in [3.8, 4) is 11.1 Å². The lowest BCUT2D eigenvalue weighted by atomic mass is 10.0. The van der Waals surface area contributed by atoms with Crippen molar-refractivity contribution in [2.45, 2.75) is 4.90 Å². The smallest absolute Gasteiger partial charge is 0.146 e. The Morgan fingerprint density at radius 3 is 2.68 bits per heavy atom. The molecule has 0 fully saturated rings. The predicted octanol–water partition coefficient (Wildman–Crippen LogP) is 3.89. The van der Waals surface area contributed by atoms with E-state index in [1.165, 1.54) is 12.1 Å². The molecule has 0 aliphatic heterocycles. The fraction of sp³-hybridized carbons (Fsp3) is 0.0500. The van der Waals surface area contributed by atoms with E-state index < -0.39 is 16.6 Å². The molecule has 0 spiro atoms. The van der Waals surface area contributed by atoms with Gasteiger partial charge < -0.3 is 11.1 Å². The molecule has 0 aliphatic rings. The number of anilines is 3. The van der Waals surface area contributed by atoms with Crippen LogP contribution in [0.3, 0.4) is 0 Å². The Bertz CT molecular complexity index is 1210. The van der Waals surface area contributed by atoms with Crippen molar-refractivity contribution in [1.82, 2.24) is 15.0 Å². The highest BCUT2D eigenvalue weighted by Gasteiger charge is 2.12. The van der Waals surface area contributed by atoms with E-state index in [2.05, 4.69) is 20.3 Å². The highest BCUT2D eigenvalue weighted by atomic mass is 32.2. The highest BCUT2D eigenvalue weighted by Crippen LogP contribution is 2.33. The number of aromatic nitrogens is 3. The van der Waals surface area contributed by atoms with Gasteiger partial charge in [-0.1, -0.05) is 6.07 Å². The lowest BCUT2D eigenvalue weighted by molar-refractivity contribution is 0.633. The number of hydrogen-bond acceptors (Lipinski definition) is 6. The average molecular weight is 393 g/mol. The third kappa shape index (κ3) is 3.41. The predicted molar refractivity (Wildman–Crippen MR) is 109 cm³/mol. The maximum atomic E-state index is 14.0. The molecule has 8 heteroatoms. The van der Waals surface area contributed by atoms with Crippen molar-refractivity contribution in [1.29, 1.82) is 0 Å². The molecule has 1 atom stereocenters. The molecule has 4 rings (SSSR count). The lowest BCUT2D eigenvalue weighted by Crippen LogP contribution is -1.99. The van der Waals surface area contributed by atoms with E-state index in [0.29, 0.717) is 38.4 Å². The molecule has 0 bridgehead atoms. The third-order valence-electron chi connectivity index (χ3n) is 4.25. The van der Waals surface area contributed by atoms with Crippen molar-refractivity contribution < 1.29 is 8.60 Å². The SMILES string of the molecule is CS(=O)c1ccncc1Nc1cc(-c2ccc(N)c(F)c2)c2nccnc2c1. The Balaban J connectivity index is 1.87. The molecule has 4 aromatic rings. The van der Waals surface area contributed by atoms with Crippen LogP contribution in [0.1, 0.15) is 0 Å². The summed E-state index contributed by atoms with van der Waals surface area (Å²) in [6.45, 7) is 0. The molecule has 0 radical (unpaired) electrons. The van der Waals surface area contributed by atoms with Crippen LogP contribution in [0.25, 0.3) is 22.2 Å². The maximum Gasteiger partial charge on any atom is 0.146 e. The monoisotopic (exact) mass is 393 g/mol. The van der Waals surface area contributed by atoms with Crippen LogP contribution in [-0.2, 0) is 10.8 Å². The first-order valence-electron chi connectivity index (χ1n) is 8.37. The van der Waals surface area contributed by atoms with Gasteiger partial charge in [0.1, 0.15) is 5.82 Å². The summed E-state index contributed by atoms with van der Waals surface area (Å²) in [7, 11) is -1.18. The van der Waals surface area contributed by atoms with Gasteiger partial charge in [-0.3, -0.25) is 19.2 Å². The molecule has 3 N–H and O–H groups in total. The fourth-order valence-corrected chi connectivity index (χ4v) is 3.61. The van der Waals surface area contributed by atoms with Gasteiger partial charge in [0.15, 0.2) is 0 Å². The van der Waals surface area contributed by atoms with Crippen molar-refractivity contribution in [3.63, 3.8) is 0 Å². The van der Waals surface area contributed by atoms with Crippen LogP contribution < -0.4 is 11.1 Å². The summed E-state index contributed by atoms with van der Waals surface area (Å²) in [5.41, 5.74) is 9.63. The third-order valence-corrected chi connectivity index (χ3v) is 5.23. The number of fused-ring (bicyclic) bond motifs is 1. The second-order valence-electron chi connectivity index (χ2n) is 6.14. The first kappa shape index (κ1) is 18.0. The summed E-state index contributed by atoms with van der Waals surface area (Å²) >= 11 is 0. The van der Waals surface area contributed by atoms with E-state index in [4.69, 9.17) is 5.73 Å². The molecule has 28 heavy (non-hydrogen) atoms. The van der Waals surface area contributed by atoms with Crippen molar-refractivity contribution >= 4 is 38.9 Å². The Labute approximate surface area is 163 Å². The van der Waals surface area contributed by atoms with E-state index >= 15 is 0 Å². The number of halogens is 1. The summed E-state index contributed by atoms with van der Waals surface area (Å²) in [5, 5.41) is 3.24. The van der Waals surface area contributed by atoms with E-state index in [-0.39, 0.29) is 5.69 Å². The van der Waals surface area contributed by atoms with Gasteiger partial charge in [0.2, 0.25) is 0 Å². The van der Waals surface area contributed by atoms with Crippen molar-refractivity contribution in [2.24, 2.45) is 0 Å². The number of nitrogen functional groups attached to an aromatic ring is 1. The van der Waals surface area contributed by atoms with Gasteiger partial charge >= 0.3 is 0 Å². The van der Waals surface area contributed by atoms with Crippen LogP contribution in [0.2, 0.25) is 0 Å². The van der Waals surface area contributed by atoms with Gasteiger partial charge in [0.05, 0.1) is 44.3 Å². The van der Waals surface area contributed by atoms with Gasteiger partial charge in [-0.05, 0) is 35.9 Å². The average Bonchev–Trinajstić information content (AvgIpc) is 2.70. The largest absolute Gasteiger partial charge is 0.396 e. The van der Waals surface area contributed by atoms with Crippen LogP contribution in [-0.4, -0.2) is 25.4 Å². The minimum absolute atomic E-state index is 0.0823. The number of nitrogens with zero attached hydrogens (tertiary/aromatic N) is 3. The van der Waals surface area contributed by atoms with Crippen LogP contribution in [0, 0.1) is 5.82 Å². The van der Waals surface area contributed by atoms with E-state index in [1.807, 2.05) is 12.1 Å². The minimum Gasteiger partial charge on any atom is -0.396 e. The molecule has 0 saturated carbocycles. The molecule has 2 aromatic carbocycles. The normalized spacial score (nSPS) is 12.1. The second-order valence-corrected chi connectivity index (χ2v) is 7.48. The lowest BCUT2D eigenvalue weighted by Gasteiger charge is -2.13. The zero-order chi connectivity index (χ0) is 19.7. The number of hydrogen-bond donors (Lipinski definition) is 2. The minimum atomic E-state index is -1.18. The van der Waals surface area contributed by atoms with Gasteiger partial charge in [-0.25, -0.2) is 4.39 Å². The van der Waals surface area contributed by atoms with E-state index in [0.717, 1.165) is 0 Å². The summed E-state index contributed by atoms with van der Waals surface area (Å²) in [4.78, 5) is 13.5. The number of rotatable bonds is 4. The van der Waals surface area contributed by atoms with Crippen LogP contribution in [0.5, 0.6) is 0 Å². The summed E-state index contributed by atoms with van der Waals surface area (Å²) < 4.78 is 26.0. The molecule has 140 valence electrons. The Hall–Kier alpha value is -3.39. The van der Waals surface area contributed by atoms with Gasteiger partial charge in [0, 0.05) is 36.1 Å². The van der Waals surface area contributed by atoms with Gasteiger partial charge in [-0.2, -0.15) is 0 Å². The first-order valence-corrected chi connectivity index (χ1v) is 9.93. The summed E-state index contributed by atoms with van der Waals surface area (Å²) in [6, 6.07) is 10.0. The molecule has 6 nitrogen and oxygen atoms in total. The molecular weight excluding hydrogens is 377 g/mol. The zero-order valence-electron chi connectivity index (χ0n) is 14.9. The standard InChI is InChI=1S/C20H16FN5OS/c1-28(27)19-4-5-23-11-18(19)26-13-9-14(12-2-3-16(22)15(21)8-12)20-17(10-13)24-6-7-25-20/h2-11,26H,22H2,1H3. The summed E-state index contributed by atoms with van der Waals surface area (Å²) in [6.07, 6.45) is 7.99. The molecule has 0 amide bonds. The highest BCUT2D eigenvalue weighted by molar-refractivity contribution is 7.84. The maximum absolute atomic E-state index is 14.0. The van der Waals surface area contributed by atoms with E-state index in [9.17, 15) is 8.60 Å². The van der Waals surface area contributed by atoms with Gasteiger partial charge in [-0.15, -0.1) is 0 Å². The number of nitrogens with one attached hydrogen (secondary N) is 1. The molecule has 1 unspecified atom stereocenters. The zero-order valence-corrected chi connectivity index (χ0v) is 15.7. The molecule has 2 heterocycles. The van der Waals surface area contributed by atoms with E-state index in [1.54, 1.807) is 43.2 Å². The number of nitrogens with two attached hydrogens (primary N) is 1. The van der Waals surface area contributed by atoms with Crippen molar-refractivity contribution in [2.75, 3.05) is 17.3 Å². The fourth-order valence-electron chi connectivity index (χ4n) is 2.94.